The van der Waals surface area contributed by atoms with E-state index in [-0.39, 0.29) is 30.7 Å². The van der Waals surface area contributed by atoms with Crippen molar-refractivity contribution in [2.24, 2.45) is 23.2 Å². The third-order valence-electron chi connectivity index (χ3n) is 7.80. The number of hydrogen-bond donors (Lipinski definition) is 3. The quantitative estimate of drug-likeness (QED) is 0.364. The molecule has 0 radical (unpaired) electrons. The largest absolute Gasteiger partial charge is 0.471 e. The zero-order valence-electron chi connectivity index (χ0n) is 22.8. The maximum absolute atomic E-state index is 14.5. The van der Waals surface area contributed by atoms with Crippen molar-refractivity contribution >= 4 is 33.5 Å². The van der Waals surface area contributed by atoms with Gasteiger partial charge < -0.3 is 20.9 Å². The number of alkyl halides is 3. The molecule has 0 aromatic heterocycles. The van der Waals surface area contributed by atoms with E-state index in [9.17, 15) is 45.2 Å². The second-order valence-corrected chi connectivity index (χ2v) is 13.9. The van der Waals surface area contributed by atoms with Crippen molar-refractivity contribution in [3.05, 3.63) is 11.2 Å². The molecule has 0 bridgehead atoms. The highest BCUT2D eigenvalue weighted by Gasteiger charge is 2.53. The highest BCUT2D eigenvalue weighted by Crippen LogP contribution is 2.43. The highest BCUT2D eigenvalue weighted by molar-refractivity contribution is 7.94. The predicted molar refractivity (Wildman–Crippen MR) is 135 cm³/mol. The van der Waals surface area contributed by atoms with Crippen LogP contribution >= 0.6 is 0 Å². The van der Waals surface area contributed by atoms with Crippen LogP contribution in [0.1, 0.15) is 52.9 Å². The maximum Gasteiger partial charge on any atom is 0.471 e. The number of hydrogen-bond acceptors (Lipinski definition) is 6. The van der Waals surface area contributed by atoms with Crippen molar-refractivity contribution in [2.75, 3.05) is 19.3 Å². The number of fused-ring (bicyclic) bond motifs is 1. The zero-order valence-corrected chi connectivity index (χ0v) is 23.6. The molecular weight excluding hydrogens is 560 g/mol. The lowest BCUT2D eigenvalue weighted by molar-refractivity contribution is -0.176. The number of carbonyl (C=O) groups is 4. The Bertz CT molecular complexity index is 1170. The Hall–Kier alpha value is -2.71. The average Bonchev–Trinajstić information content (AvgIpc) is 3.50. The molecule has 1 aliphatic carbocycles. The number of halogens is 4. The van der Waals surface area contributed by atoms with Crippen LogP contribution in [0.4, 0.5) is 17.6 Å². The summed E-state index contributed by atoms with van der Waals surface area (Å²) in [5, 5.41) is 5.50. The van der Waals surface area contributed by atoms with E-state index in [1.54, 1.807) is 5.32 Å². The smallest absolute Gasteiger partial charge is 0.356 e. The number of amides is 4. The minimum Gasteiger partial charge on any atom is -0.356 e. The summed E-state index contributed by atoms with van der Waals surface area (Å²) in [6.45, 7) is 4.91. The summed E-state index contributed by atoms with van der Waals surface area (Å²) in [4.78, 5) is 52.4. The summed E-state index contributed by atoms with van der Waals surface area (Å²) < 4.78 is 77.1. The summed E-state index contributed by atoms with van der Waals surface area (Å²) in [5.41, 5.74) is -1.14. The first-order chi connectivity index (χ1) is 18.3. The van der Waals surface area contributed by atoms with Gasteiger partial charge in [0.2, 0.25) is 32.7 Å². The van der Waals surface area contributed by atoms with Crippen LogP contribution in [0.15, 0.2) is 11.2 Å². The second-order valence-electron chi connectivity index (χ2n) is 11.9. The molecule has 2 saturated heterocycles. The van der Waals surface area contributed by atoms with Gasteiger partial charge in [0, 0.05) is 25.3 Å². The van der Waals surface area contributed by atoms with E-state index in [0.717, 1.165) is 6.42 Å². The predicted octanol–water partition coefficient (Wildman–Crippen LogP) is 1.57. The molecule has 226 valence electrons. The van der Waals surface area contributed by atoms with E-state index in [2.05, 4.69) is 10.6 Å². The molecule has 3 rings (SSSR count). The molecule has 1 saturated carbocycles. The molecule has 2 aliphatic heterocycles. The third-order valence-corrected chi connectivity index (χ3v) is 8.65. The molecule has 3 aliphatic rings. The van der Waals surface area contributed by atoms with Crippen molar-refractivity contribution < 1.29 is 45.2 Å². The number of nitrogens with zero attached hydrogens (tertiary/aromatic N) is 1. The first kappa shape index (κ1) is 31.8. The molecule has 0 aromatic rings. The zero-order chi connectivity index (χ0) is 30.2. The van der Waals surface area contributed by atoms with Crippen molar-refractivity contribution in [1.82, 2.24) is 20.9 Å². The summed E-state index contributed by atoms with van der Waals surface area (Å²) in [5.74, 6) is -5.25. The van der Waals surface area contributed by atoms with E-state index in [1.165, 1.54) is 25.7 Å². The molecule has 3 fully saturated rings. The first-order valence-corrected chi connectivity index (χ1v) is 15.0. The summed E-state index contributed by atoms with van der Waals surface area (Å²) in [7, 11) is -4.24. The van der Waals surface area contributed by atoms with Gasteiger partial charge in [-0.05, 0) is 49.0 Å². The molecule has 0 spiro atoms. The molecule has 10 nitrogen and oxygen atoms in total. The molecule has 6 atom stereocenters. The van der Waals surface area contributed by atoms with E-state index in [0.29, 0.717) is 38.1 Å². The van der Waals surface area contributed by atoms with Gasteiger partial charge >= 0.3 is 12.1 Å². The minimum atomic E-state index is -5.22. The van der Waals surface area contributed by atoms with Crippen LogP contribution in [-0.4, -0.2) is 80.6 Å². The number of carbonyl (C=O) groups excluding carboxylic acids is 4. The molecule has 0 unspecified atom stereocenters. The molecule has 15 heteroatoms. The van der Waals surface area contributed by atoms with Gasteiger partial charge in [-0.25, -0.2) is 8.42 Å². The van der Waals surface area contributed by atoms with Crippen LogP contribution in [0.25, 0.3) is 0 Å². The molecule has 0 aromatic carbocycles. The van der Waals surface area contributed by atoms with E-state index in [1.807, 2.05) is 0 Å². The monoisotopic (exact) mass is 596 g/mol. The Morgan fingerprint density at radius 1 is 1.12 bits per heavy atom. The van der Waals surface area contributed by atoms with Crippen molar-refractivity contribution in [2.45, 2.75) is 77.2 Å². The van der Waals surface area contributed by atoms with Crippen LogP contribution in [0.5, 0.6) is 0 Å². The molecular formula is C25H36F4N4O6S. The summed E-state index contributed by atoms with van der Waals surface area (Å²) >= 11 is 0. The molecule has 4 amide bonds. The van der Waals surface area contributed by atoms with Crippen LogP contribution < -0.4 is 16.0 Å². The fourth-order valence-electron chi connectivity index (χ4n) is 5.79. The third kappa shape index (κ3) is 7.32. The van der Waals surface area contributed by atoms with E-state index in [4.69, 9.17) is 0 Å². The number of nitrogens with one attached hydrogen (secondary N) is 3. The lowest BCUT2D eigenvalue weighted by atomic mass is 9.85. The van der Waals surface area contributed by atoms with Gasteiger partial charge in [0.15, 0.2) is 0 Å². The van der Waals surface area contributed by atoms with Gasteiger partial charge in [-0.3, -0.25) is 19.2 Å². The van der Waals surface area contributed by atoms with Crippen LogP contribution in [0.2, 0.25) is 0 Å². The van der Waals surface area contributed by atoms with Crippen molar-refractivity contribution in [1.29, 1.82) is 0 Å². The van der Waals surface area contributed by atoms with Crippen molar-refractivity contribution in [3.8, 4) is 0 Å². The Morgan fingerprint density at radius 2 is 1.77 bits per heavy atom. The fourth-order valence-corrected chi connectivity index (χ4v) is 6.20. The topological polar surface area (TPSA) is 142 Å². The van der Waals surface area contributed by atoms with Gasteiger partial charge in [0.1, 0.15) is 12.1 Å². The van der Waals surface area contributed by atoms with Gasteiger partial charge in [0.25, 0.3) is 0 Å². The van der Waals surface area contributed by atoms with Gasteiger partial charge in [-0.15, -0.1) is 0 Å². The Kier molecular flexibility index (Phi) is 9.26. The highest BCUT2D eigenvalue weighted by atomic mass is 32.2. The molecule has 3 N–H and O–H groups in total. The van der Waals surface area contributed by atoms with Crippen molar-refractivity contribution in [3.63, 3.8) is 0 Å². The minimum absolute atomic E-state index is 0.0826. The van der Waals surface area contributed by atoms with Gasteiger partial charge in [-0.2, -0.15) is 17.6 Å². The van der Waals surface area contributed by atoms with Crippen LogP contribution in [0, 0.1) is 23.2 Å². The lowest BCUT2D eigenvalue weighted by Gasteiger charge is -2.36. The van der Waals surface area contributed by atoms with Gasteiger partial charge in [-0.1, -0.05) is 27.2 Å². The standard InChI is InChI=1S/C25H36F4N4O6S/c1-24(2,3)19(32-23(37)25(27,28)29)22(36)33-12-14-6-5-7-16(14)18(33)21(35)31-15(11-17(26)40(4,38)39)10-13-8-9-30-20(13)34/h11,13-16,18-19H,5-10,12H2,1-4H3,(H,30,34)(H,31,35)(H,32,37)/b17-11-/t13-,14+,15+,16+,18+,19+/m0/s1. The molecule has 2 heterocycles. The van der Waals surface area contributed by atoms with E-state index >= 15 is 0 Å². The Morgan fingerprint density at radius 3 is 2.30 bits per heavy atom. The number of sulfone groups is 1. The average molecular weight is 597 g/mol. The summed E-state index contributed by atoms with van der Waals surface area (Å²) in [6, 6.07) is -3.95. The SMILES string of the molecule is CC(C)(C)[C@H](NC(=O)C(F)(F)F)C(=O)N1C[C@H]2CCC[C@H]2[C@@H]1C(=O)N[C@@H](/C=C(/F)S(C)(=O)=O)C[C@@H]1CCNC1=O. The number of rotatable bonds is 8. The van der Waals surface area contributed by atoms with Crippen LogP contribution in [-0.2, 0) is 29.0 Å². The fraction of sp³-hybridized carbons (Fsp3) is 0.760. The molecule has 40 heavy (non-hydrogen) atoms. The maximum atomic E-state index is 14.5. The number of likely N-dealkylation sites (tertiary alicyclic amines) is 1. The van der Waals surface area contributed by atoms with Gasteiger partial charge in [0.05, 0.1) is 6.04 Å². The second kappa shape index (κ2) is 11.6. The van der Waals surface area contributed by atoms with E-state index < -0.39 is 68.4 Å². The Balaban J connectivity index is 1.91. The van der Waals surface area contributed by atoms with Crippen LogP contribution in [0.3, 0.4) is 0 Å². The normalized spacial score (nSPS) is 27.1. The first-order valence-electron chi connectivity index (χ1n) is 13.1. The summed E-state index contributed by atoms with van der Waals surface area (Å²) in [6.07, 6.45) is -1.55. The Labute approximate surface area is 230 Å². The lowest BCUT2D eigenvalue weighted by Crippen LogP contribution is -2.60.